The average Bonchev–Trinajstić information content (AvgIpc) is 2.85. The van der Waals surface area contributed by atoms with Gasteiger partial charge in [0, 0.05) is 17.7 Å². The Morgan fingerprint density at radius 3 is 3.00 bits per heavy atom. The molecule has 0 aliphatic carbocycles. The lowest BCUT2D eigenvalue weighted by Crippen LogP contribution is -2.20. The van der Waals surface area contributed by atoms with Crippen LogP contribution in [-0.2, 0) is 10.6 Å². The van der Waals surface area contributed by atoms with Gasteiger partial charge in [-0.25, -0.2) is 0 Å². The smallest absolute Gasteiger partial charge is 0.163 e. The van der Waals surface area contributed by atoms with E-state index < -0.39 is 0 Å². The quantitative estimate of drug-likeness (QED) is 0.527. The first-order chi connectivity index (χ1) is 5.93. The Kier molecular flexibility index (Phi) is 1.36. The van der Waals surface area contributed by atoms with Crippen molar-refractivity contribution < 1.29 is 4.18 Å². The van der Waals surface area contributed by atoms with E-state index in [2.05, 4.69) is 29.6 Å². The topological polar surface area (TPSA) is 24.6 Å². The first-order valence-electron chi connectivity index (χ1n) is 4.10. The van der Waals surface area contributed by atoms with Crippen LogP contribution in [-0.4, -0.2) is 11.5 Å². The van der Waals surface area contributed by atoms with Gasteiger partial charge in [0.2, 0.25) is 0 Å². The largest absolute Gasteiger partial charge is 0.378 e. The highest BCUT2D eigenvalue weighted by molar-refractivity contribution is 8.00. The van der Waals surface area contributed by atoms with Crippen molar-refractivity contribution in [3.05, 3.63) is 29.8 Å². The Morgan fingerprint density at radius 1 is 1.42 bits per heavy atom. The fourth-order valence-electron chi connectivity index (χ4n) is 1.66. The minimum absolute atomic E-state index is 0.386. The summed E-state index contributed by atoms with van der Waals surface area (Å²) in [6.07, 6.45) is 1.10. The van der Waals surface area contributed by atoms with Gasteiger partial charge < -0.3 is 5.32 Å². The minimum atomic E-state index is 0.386. The van der Waals surface area contributed by atoms with Gasteiger partial charge in [0.15, 0.2) is 5.44 Å². The summed E-state index contributed by atoms with van der Waals surface area (Å²) in [5.41, 5.74) is 3.08. The van der Waals surface area contributed by atoms with E-state index >= 15 is 0 Å². The lowest BCUT2D eigenvalue weighted by Gasteiger charge is -2.04. The van der Waals surface area contributed by atoms with Crippen molar-refractivity contribution in [2.75, 3.05) is 5.32 Å². The van der Waals surface area contributed by atoms with Crippen LogP contribution in [0.15, 0.2) is 24.3 Å². The number of para-hydroxylation sites is 1. The maximum Gasteiger partial charge on any atom is 0.163 e. The summed E-state index contributed by atoms with van der Waals surface area (Å²) < 4.78 is 5.18. The number of hydrogen-bond donors (Lipinski definition) is 1. The number of anilines is 1. The molecular formula is C9H9NOS. The monoisotopic (exact) mass is 179 g/mol. The summed E-state index contributed by atoms with van der Waals surface area (Å²) in [5.74, 6) is 0. The van der Waals surface area contributed by atoms with E-state index in [-0.39, 0.29) is 0 Å². The van der Waals surface area contributed by atoms with Crippen LogP contribution in [0.5, 0.6) is 0 Å². The average molecular weight is 179 g/mol. The third-order valence-electron chi connectivity index (χ3n) is 2.33. The number of rotatable bonds is 1. The number of hydrogen-bond acceptors (Lipinski definition) is 3. The SMILES string of the molecule is c1ccc2c(c1)CC([C@@H]1OS1)N2. The van der Waals surface area contributed by atoms with Crippen LogP contribution in [0.1, 0.15) is 5.56 Å². The molecule has 1 aromatic rings. The van der Waals surface area contributed by atoms with Crippen LogP contribution in [0.2, 0.25) is 0 Å². The maximum atomic E-state index is 5.18. The van der Waals surface area contributed by atoms with E-state index in [4.69, 9.17) is 4.18 Å². The predicted octanol–water partition coefficient (Wildman–Crippen LogP) is 2.03. The standard InChI is InChI=1S/C9H9NOS/c1-2-4-7-6(3-1)5-8(10-7)9-11-12-9/h1-4,8-10H,5H2/t8?,9-/m1/s1. The van der Waals surface area contributed by atoms with Crippen molar-refractivity contribution in [1.29, 1.82) is 0 Å². The van der Waals surface area contributed by atoms with Crippen LogP contribution >= 0.6 is 12.0 Å². The molecule has 0 spiro atoms. The maximum absolute atomic E-state index is 5.18. The molecule has 0 saturated carbocycles. The molecule has 62 valence electrons. The van der Waals surface area contributed by atoms with Gasteiger partial charge >= 0.3 is 0 Å². The Morgan fingerprint density at radius 2 is 2.25 bits per heavy atom. The fraction of sp³-hybridized carbons (Fsp3) is 0.333. The molecule has 2 nitrogen and oxygen atoms in total. The molecule has 1 fully saturated rings. The molecule has 3 heteroatoms. The van der Waals surface area contributed by atoms with E-state index in [0.29, 0.717) is 11.5 Å². The van der Waals surface area contributed by atoms with Crippen LogP contribution < -0.4 is 5.32 Å². The molecule has 12 heavy (non-hydrogen) atoms. The molecule has 2 aliphatic heterocycles. The van der Waals surface area contributed by atoms with E-state index in [9.17, 15) is 0 Å². The van der Waals surface area contributed by atoms with Gasteiger partial charge in [-0.15, -0.1) is 0 Å². The Balaban J connectivity index is 1.89. The molecule has 0 amide bonds. The predicted molar refractivity (Wildman–Crippen MR) is 50.0 cm³/mol. The van der Waals surface area contributed by atoms with Crippen molar-refractivity contribution in [2.24, 2.45) is 0 Å². The van der Waals surface area contributed by atoms with E-state index in [1.54, 1.807) is 12.0 Å². The van der Waals surface area contributed by atoms with Crippen LogP contribution in [0, 0.1) is 0 Å². The zero-order chi connectivity index (χ0) is 7.97. The zero-order valence-corrected chi connectivity index (χ0v) is 7.30. The highest BCUT2D eigenvalue weighted by Crippen LogP contribution is 2.41. The molecule has 0 aromatic heterocycles. The Labute approximate surface area is 75.5 Å². The second-order valence-corrected chi connectivity index (χ2v) is 4.02. The molecule has 1 aromatic carbocycles. The van der Waals surface area contributed by atoms with Crippen LogP contribution in [0.3, 0.4) is 0 Å². The molecule has 0 bridgehead atoms. The van der Waals surface area contributed by atoms with Gasteiger partial charge in [-0.05, 0) is 18.1 Å². The third kappa shape index (κ3) is 1.01. The lowest BCUT2D eigenvalue weighted by molar-refractivity contribution is 0.422. The fourth-order valence-corrected chi connectivity index (χ4v) is 2.15. The summed E-state index contributed by atoms with van der Waals surface area (Å²) in [4.78, 5) is 0. The minimum Gasteiger partial charge on any atom is -0.378 e. The second-order valence-electron chi connectivity index (χ2n) is 3.17. The van der Waals surface area contributed by atoms with E-state index in [1.807, 2.05) is 0 Å². The molecular weight excluding hydrogens is 170 g/mol. The van der Waals surface area contributed by atoms with Gasteiger partial charge in [0.25, 0.3) is 0 Å². The lowest BCUT2D eigenvalue weighted by atomic mass is 10.1. The first-order valence-corrected chi connectivity index (χ1v) is 4.90. The zero-order valence-electron chi connectivity index (χ0n) is 6.49. The molecule has 0 radical (unpaired) electrons. The third-order valence-corrected chi connectivity index (χ3v) is 3.08. The highest BCUT2D eigenvalue weighted by atomic mass is 32.2. The number of fused-ring (bicyclic) bond motifs is 1. The second kappa shape index (κ2) is 2.41. The summed E-state index contributed by atoms with van der Waals surface area (Å²) in [6, 6.07) is 8.95. The van der Waals surface area contributed by atoms with Gasteiger partial charge in [0.05, 0.1) is 6.04 Å². The Hall–Kier alpha value is -0.670. The Bertz CT molecular complexity index is 286. The van der Waals surface area contributed by atoms with Gasteiger partial charge in [-0.3, -0.25) is 4.18 Å². The van der Waals surface area contributed by atoms with Gasteiger partial charge in [-0.2, -0.15) is 0 Å². The molecule has 1 N–H and O–H groups in total. The molecule has 3 rings (SSSR count). The van der Waals surface area contributed by atoms with Gasteiger partial charge in [0.1, 0.15) is 0 Å². The molecule has 2 heterocycles. The van der Waals surface area contributed by atoms with Crippen molar-refractivity contribution in [1.82, 2.24) is 0 Å². The summed E-state index contributed by atoms with van der Waals surface area (Å²) in [5, 5.41) is 3.45. The van der Waals surface area contributed by atoms with Crippen LogP contribution in [0.4, 0.5) is 5.69 Å². The summed E-state index contributed by atoms with van der Waals surface area (Å²) in [6.45, 7) is 0. The molecule has 1 unspecified atom stereocenters. The van der Waals surface area contributed by atoms with Crippen molar-refractivity contribution >= 4 is 17.7 Å². The highest BCUT2D eigenvalue weighted by Gasteiger charge is 2.38. The van der Waals surface area contributed by atoms with E-state index in [1.165, 1.54) is 11.3 Å². The van der Waals surface area contributed by atoms with Crippen molar-refractivity contribution in [3.8, 4) is 0 Å². The number of nitrogens with one attached hydrogen (secondary N) is 1. The first kappa shape index (κ1) is 6.80. The normalized spacial score (nSPS) is 31.0. The number of benzene rings is 1. The molecule has 1 saturated heterocycles. The summed E-state index contributed by atoms with van der Waals surface area (Å²) >= 11 is 1.57. The summed E-state index contributed by atoms with van der Waals surface area (Å²) in [7, 11) is 0. The van der Waals surface area contributed by atoms with Crippen LogP contribution in [0.25, 0.3) is 0 Å². The van der Waals surface area contributed by atoms with E-state index in [0.717, 1.165) is 6.42 Å². The van der Waals surface area contributed by atoms with Crippen molar-refractivity contribution in [2.45, 2.75) is 17.9 Å². The van der Waals surface area contributed by atoms with Crippen molar-refractivity contribution in [3.63, 3.8) is 0 Å². The molecule has 2 aliphatic rings. The van der Waals surface area contributed by atoms with Gasteiger partial charge in [-0.1, -0.05) is 18.2 Å². The molecule has 2 atom stereocenters.